The third kappa shape index (κ3) is 3.22. The lowest BCUT2D eigenvalue weighted by Gasteiger charge is -2.21. The van der Waals surface area contributed by atoms with E-state index >= 15 is 0 Å². The number of carbonyl (C=O) groups is 2. The molecule has 0 spiro atoms. The number of nitrogens with zero attached hydrogens (tertiary/aromatic N) is 3. The maximum atomic E-state index is 12.1. The first kappa shape index (κ1) is 16.7. The molecular formula is C14H17N3O3S2. The van der Waals surface area contributed by atoms with Crippen LogP contribution in [-0.4, -0.2) is 50.7 Å². The normalized spacial score (nSPS) is 12.4. The summed E-state index contributed by atoms with van der Waals surface area (Å²) < 4.78 is 0. The average molecular weight is 339 g/mol. The van der Waals surface area contributed by atoms with Gasteiger partial charge < -0.3 is 10.0 Å². The van der Waals surface area contributed by atoms with E-state index in [1.165, 1.54) is 41.8 Å². The van der Waals surface area contributed by atoms with Crippen molar-refractivity contribution in [1.29, 1.82) is 0 Å². The van der Waals surface area contributed by atoms with Crippen LogP contribution in [0.15, 0.2) is 11.4 Å². The van der Waals surface area contributed by atoms with Crippen LogP contribution in [0.5, 0.6) is 0 Å². The van der Waals surface area contributed by atoms with Crippen molar-refractivity contribution in [3.63, 3.8) is 0 Å². The maximum Gasteiger partial charge on any atom is 0.326 e. The van der Waals surface area contributed by atoms with Gasteiger partial charge in [-0.1, -0.05) is 11.8 Å². The van der Waals surface area contributed by atoms with Gasteiger partial charge in [-0.25, -0.2) is 14.8 Å². The smallest absolute Gasteiger partial charge is 0.326 e. The molecule has 22 heavy (non-hydrogen) atoms. The molecule has 2 rings (SSSR count). The molecule has 1 unspecified atom stereocenters. The molecule has 0 aliphatic heterocycles. The number of thiophene rings is 1. The summed E-state index contributed by atoms with van der Waals surface area (Å²) in [4.78, 5) is 34.9. The number of aryl methyl sites for hydroxylation is 2. The lowest BCUT2D eigenvalue weighted by atomic mass is 10.2. The van der Waals surface area contributed by atoms with E-state index < -0.39 is 12.0 Å². The van der Waals surface area contributed by atoms with Crippen LogP contribution in [0.1, 0.15) is 17.4 Å². The summed E-state index contributed by atoms with van der Waals surface area (Å²) in [6.07, 6.45) is 1.49. The van der Waals surface area contributed by atoms with Crippen molar-refractivity contribution in [3.8, 4) is 0 Å². The number of aromatic nitrogens is 2. The van der Waals surface area contributed by atoms with Crippen LogP contribution < -0.4 is 0 Å². The minimum atomic E-state index is -1.02. The number of hydrogen-bond acceptors (Lipinski definition) is 6. The molecule has 2 aromatic heterocycles. The van der Waals surface area contributed by atoms with Crippen molar-refractivity contribution in [2.75, 3.05) is 12.8 Å². The molecule has 0 aliphatic rings. The predicted molar refractivity (Wildman–Crippen MR) is 87.5 cm³/mol. The molecule has 118 valence electrons. The minimum absolute atomic E-state index is 0.147. The molecule has 2 heterocycles. The van der Waals surface area contributed by atoms with Gasteiger partial charge in [-0.05, 0) is 26.3 Å². The Kier molecular flexibility index (Phi) is 5.02. The molecule has 8 heteroatoms. The monoisotopic (exact) mass is 339 g/mol. The standard InChI is InChI=1S/C14H17N3O3S2/c1-7-9(3)22-13-11(7)12(15-6-16-13)21-5-10(18)17(4)8(2)14(19)20/h6,8H,5H2,1-4H3,(H,19,20). The van der Waals surface area contributed by atoms with Gasteiger partial charge >= 0.3 is 5.97 Å². The van der Waals surface area contributed by atoms with Crippen LogP contribution in [0.3, 0.4) is 0 Å². The molecule has 1 N–H and O–H groups in total. The van der Waals surface area contributed by atoms with E-state index in [2.05, 4.69) is 9.97 Å². The Hall–Kier alpha value is -1.67. The zero-order valence-corrected chi connectivity index (χ0v) is 14.4. The minimum Gasteiger partial charge on any atom is -0.480 e. The molecule has 1 atom stereocenters. The zero-order valence-electron chi connectivity index (χ0n) is 12.8. The van der Waals surface area contributed by atoms with E-state index in [0.717, 1.165) is 20.8 Å². The predicted octanol–water partition coefficient (Wildman–Crippen LogP) is 2.33. The van der Waals surface area contributed by atoms with E-state index in [0.29, 0.717) is 0 Å². The summed E-state index contributed by atoms with van der Waals surface area (Å²) in [5.41, 5.74) is 1.13. The van der Waals surface area contributed by atoms with Crippen molar-refractivity contribution >= 4 is 45.2 Å². The molecule has 0 radical (unpaired) electrons. The Bertz CT molecular complexity index is 729. The third-order valence-corrected chi connectivity index (χ3v) is 5.68. The Morgan fingerprint density at radius 1 is 1.41 bits per heavy atom. The molecule has 0 aliphatic carbocycles. The van der Waals surface area contributed by atoms with Gasteiger partial charge in [-0.2, -0.15) is 0 Å². The highest BCUT2D eigenvalue weighted by Crippen LogP contribution is 2.34. The van der Waals surface area contributed by atoms with E-state index in [4.69, 9.17) is 5.11 Å². The van der Waals surface area contributed by atoms with Gasteiger partial charge in [0.15, 0.2) is 0 Å². The fraction of sp³-hybridized carbons (Fsp3) is 0.429. The van der Waals surface area contributed by atoms with Crippen molar-refractivity contribution in [1.82, 2.24) is 14.9 Å². The second kappa shape index (κ2) is 6.62. The second-order valence-electron chi connectivity index (χ2n) is 4.95. The molecule has 0 aromatic carbocycles. The highest BCUT2D eigenvalue weighted by atomic mass is 32.2. The number of carbonyl (C=O) groups excluding carboxylic acids is 1. The van der Waals surface area contributed by atoms with E-state index in [9.17, 15) is 9.59 Å². The van der Waals surface area contributed by atoms with E-state index in [-0.39, 0.29) is 11.7 Å². The lowest BCUT2D eigenvalue weighted by molar-refractivity contribution is -0.147. The second-order valence-corrected chi connectivity index (χ2v) is 7.12. The Balaban J connectivity index is 2.15. The van der Waals surface area contributed by atoms with Crippen LogP contribution in [-0.2, 0) is 9.59 Å². The Labute approximate surface area is 136 Å². The van der Waals surface area contributed by atoms with Gasteiger partial charge in [0.25, 0.3) is 0 Å². The highest BCUT2D eigenvalue weighted by Gasteiger charge is 2.22. The van der Waals surface area contributed by atoms with Crippen molar-refractivity contribution in [3.05, 3.63) is 16.8 Å². The van der Waals surface area contributed by atoms with Crippen molar-refractivity contribution in [2.45, 2.75) is 31.8 Å². The van der Waals surface area contributed by atoms with Crippen molar-refractivity contribution < 1.29 is 14.7 Å². The van der Waals surface area contributed by atoms with E-state index in [1.807, 2.05) is 13.8 Å². The summed E-state index contributed by atoms with van der Waals surface area (Å²) in [6.45, 7) is 5.53. The third-order valence-electron chi connectivity index (χ3n) is 3.59. The van der Waals surface area contributed by atoms with E-state index in [1.54, 1.807) is 11.3 Å². The van der Waals surface area contributed by atoms with Gasteiger partial charge in [0, 0.05) is 17.3 Å². The SMILES string of the molecule is Cc1sc2ncnc(SCC(=O)N(C)C(C)C(=O)O)c2c1C. The molecular weight excluding hydrogens is 322 g/mol. The largest absolute Gasteiger partial charge is 0.480 e. The van der Waals surface area contributed by atoms with Gasteiger partial charge in [0.05, 0.1) is 5.75 Å². The van der Waals surface area contributed by atoms with Gasteiger partial charge in [0.1, 0.15) is 22.2 Å². The zero-order chi connectivity index (χ0) is 16.4. The summed E-state index contributed by atoms with van der Waals surface area (Å²) in [7, 11) is 1.50. The van der Waals surface area contributed by atoms with Gasteiger partial charge in [0.2, 0.25) is 5.91 Å². The fourth-order valence-electron chi connectivity index (χ4n) is 1.87. The quantitative estimate of drug-likeness (QED) is 0.665. The van der Waals surface area contributed by atoms with Gasteiger partial charge in [-0.3, -0.25) is 4.79 Å². The average Bonchev–Trinajstić information content (AvgIpc) is 2.78. The lowest BCUT2D eigenvalue weighted by Crippen LogP contribution is -2.41. The number of fused-ring (bicyclic) bond motifs is 1. The summed E-state index contributed by atoms with van der Waals surface area (Å²) >= 11 is 2.92. The number of carboxylic acids is 1. The summed E-state index contributed by atoms with van der Waals surface area (Å²) in [6, 6.07) is -0.844. The van der Waals surface area contributed by atoms with Gasteiger partial charge in [-0.15, -0.1) is 11.3 Å². The number of likely N-dealkylation sites (N-methyl/N-ethyl adjacent to an activating group) is 1. The first-order valence-electron chi connectivity index (χ1n) is 6.65. The number of rotatable bonds is 5. The molecule has 0 bridgehead atoms. The van der Waals surface area contributed by atoms with Crippen LogP contribution in [0.2, 0.25) is 0 Å². The Morgan fingerprint density at radius 3 is 2.73 bits per heavy atom. The van der Waals surface area contributed by atoms with Crippen LogP contribution in [0.25, 0.3) is 10.2 Å². The first-order chi connectivity index (χ1) is 10.3. The first-order valence-corrected chi connectivity index (χ1v) is 8.45. The topological polar surface area (TPSA) is 83.4 Å². The molecule has 1 amide bonds. The van der Waals surface area contributed by atoms with Crippen LogP contribution >= 0.6 is 23.1 Å². The molecule has 0 fully saturated rings. The molecule has 6 nitrogen and oxygen atoms in total. The fourth-order valence-corrected chi connectivity index (χ4v) is 3.91. The number of aliphatic carboxylic acids is 1. The maximum absolute atomic E-state index is 12.1. The number of hydrogen-bond donors (Lipinski definition) is 1. The molecule has 2 aromatic rings. The number of carboxylic acid groups (broad SMARTS) is 1. The highest BCUT2D eigenvalue weighted by molar-refractivity contribution is 8.00. The molecule has 0 saturated heterocycles. The van der Waals surface area contributed by atoms with Crippen molar-refractivity contribution in [2.24, 2.45) is 0 Å². The van der Waals surface area contributed by atoms with Crippen LogP contribution in [0.4, 0.5) is 0 Å². The summed E-state index contributed by atoms with van der Waals surface area (Å²) in [5, 5.41) is 10.7. The number of amides is 1. The number of thioether (sulfide) groups is 1. The summed E-state index contributed by atoms with van der Waals surface area (Å²) in [5.74, 6) is -1.11. The molecule has 0 saturated carbocycles. The van der Waals surface area contributed by atoms with Crippen LogP contribution in [0, 0.1) is 13.8 Å². The Morgan fingerprint density at radius 2 is 2.09 bits per heavy atom.